The Kier molecular flexibility index (Phi) is 5.89. The fourth-order valence-corrected chi connectivity index (χ4v) is 2.45. The summed E-state index contributed by atoms with van der Waals surface area (Å²) in [4.78, 5) is 19.9. The number of nitrogens with zero attached hydrogens (tertiary/aromatic N) is 2. The number of carbonyl (C=O) groups is 1. The lowest BCUT2D eigenvalue weighted by Gasteiger charge is -2.14. The van der Waals surface area contributed by atoms with Crippen LogP contribution in [0.4, 0.5) is 4.39 Å². The molecule has 1 amide bonds. The van der Waals surface area contributed by atoms with E-state index < -0.39 is 0 Å². The first-order valence-corrected chi connectivity index (χ1v) is 8.37. The molecule has 0 bridgehead atoms. The summed E-state index contributed by atoms with van der Waals surface area (Å²) < 4.78 is 18.9. The number of aromatic nitrogens is 2. The van der Waals surface area contributed by atoms with Crippen molar-refractivity contribution >= 4 is 12.0 Å². The van der Waals surface area contributed by atoms with Crippen molar-refractivity contribution in [2.75, 3.05) is 0 Å². The van der Waals surface area contributed by atoms with E-state index in [9.17, 15) is 9.18 Å². The standard InChI is InChI=1S/C21H18FN3O2/c1-15(25-21(26)9-8-16-4-2-6-18(22)10-16)17-5-3-7-19(11-17)27-20-12-23-14-24-13-20/h2-15H,1H3,(H,25,26)/b9-8+. The van der Waals surface area contributed by atoms with Crippen LogP contribution in [-0.2, 0) is 4.79 Å². The number of amides is 1. The molecule has 136 valence electrons. The predicted molar refractivity (Wildman–Crippen MR) is 101 cm³/mol. The molecule has 3 rings (SSSR count). The maximum Gasteiger partial charge on any atom is 0.244 e. The molecule has 1 unspecified atom stereocenters. The van der Waals surface area contributed by atoms with Gasteiger partial charge in [-0.1, -0.05) is 24.3 Å². The first-order valence-electron chi connectivity index (χ1n) is 8.37. The van der Waals surface area contributed by atoms with Crippen LogP contribution in [0.25, 0.3) is 6.08 Å². The van der Waals surface area contributed by atoms with Crippen molar-refractivity contribution in [1.82, 2.24) is 15.3 Å². The van der Waals surface area contributed by atoms with Crippen molar-refractivity contribution in [1.29, 1.82) is 0 Å². The zero-order valence-corrected chi connectivity index (χ0v) is 14.7. The number of halogens is 1. The second-order valence-electron chi connectivity index (χ2n) is 5.87. The van der Waals surface area contributed by atoms with Gasteiger partial charge in [-0.15, -0.1) is 0 Å². The summed E-state index contributed by atoms with van der Waals surface area (Å²) in [5.74, 6) is 0.546. The Labute approximate surface area is 156 Å². The van der Waals surface area contributed by atoms with Crippen LogP contribution in [0, 0.1) is 5.82 Å². The third-order valence-corrected chi connectivity index (χ3v) is 3.77. The molecule has 0 aliphatic carbocycles. The van der Waals surface area contributed by atoms with E-state index in [1.807, 2.05) is 31.2 Å². The summed E-state index contributed by atoms with van der Waals surface area (Å²) in [7, 11) is 0. The average molecular weight is 363 g/mol. The molecule has 0 saturated heterocycles. The van der Waals surface area contributed by atoms with Gasteiger partial charge in [-0.25, -0.2) is 14.4 Å². The molecule has 3 aromatic rings. The van der Waals surface area contributed by atoms with Crippen LogP contribution in [0.2, 0.25) is 0 Å². The van der Waals surface area contributed by atoms with E-state index in [1.165, 1.54) is 24.5 Å². The summed E-state index contributed by atoms with van der Waals surface area (Å²) in [5, 5.41) is 2.87. The van der Waals surface area contributed by atoms with Crippen molar-refractivity contribution in [3.05, 3.63) is 90.3 Å². The quantitative estimate of drug-likeness (QED) is 0.663. The molecule has 0 aliphatic heterocycles. The minimum Gasteiger partial charge on any atom is -0.454 e. The lowest BCUT2D eigenvalue weighted by molar-refractivity contribution is -0.117. The highest BCUT2D eigenvalue weighted by Gasteiger charge is 2.09. The van der Waals surface area contributed by atoms with Crippen molar-refractivity contribution in [3.8, 4) is 11.5 Å². The minimum absolute atomic E-state index is 0.231. The van der Waals surface area contributed by atoms with Gasteiger partial charge in [0.15, 0.2) is 5.75 Å². The van der Waals surface area contributed by atoms with Crippen LogP contribution in [0.15, 0.2) is 73.3 Å². The molecule has 1 atom stereocenters. The molecule has 0 radical (unpaired) electrons. The monoisotopic (exact) mass is 363 g/mol. The van der Waals surface area contributed by atoms with Gasteiger partial charge < -0.3 is 10.1 Å². The molecule has 0 fully saturated rings. The van der Waals surface area contributed by atoms with Gasteiger partial charge in [-0.3, -0.25) is 4.79 Å². The van der Waals surface area contributed by atoms with E-state index in [0.29, 0.717) is 17.1 Å². The normalized spacial score (nSPS) is 11.9. The van der Waals surface area contributed by atoms with E-state index in [1.54, 1.807) is 30.6 Å². The topological polar surface area (TPSA) is 64.1 Å². The van der Waals surface area contributed by atoms with Gasteiger partial charge in [-0.2, -0.15) is 0 Å². The van der Waals surface area contributed by atoms with E-state index in [0.717, 1.165) is 5.56 Å². The molecule has 5 nitrogen and oxygen atoms in total. The van der Waals surface area contributed by atoms with Gasteiger partial charge in [-0.05, 0) is 48.4 Å². The number of hydrogen-bond donors (Lipinski definition) is 1. The summed E-state index contributed by atoms with van der Waals surface area (Å²) in [6.45, 7) is 1.87. The number of benzene rings is 2. The largest absolute Gasteiger partial charge is 0.454 e. The van der Waals surface area contributed by atoms with Gasteiger partial charge >= 0.3 is 0 Å². The zero-order chi connectivity index (χ0) is 19.1. The fourth-order valence-electron chi connectivity index (χ4n) is 2.45. The van der Waals surface area contributed by atoms with Crippen molar-refractivity contribution in [2.24, 2.45) is 0 Å². The second kappa shape index (κ2) is 8.71. The minimum atomic E-state index is -0.341. The summed E-state index contributed by atoms with van der Waals surface area (Å²) >= 11 is 0. The molecular weight excluding hydrogens is 345 g/mol. The molecule has 1 heterocycles. The van der Waals surface area contributed by atoms with E-state index >= 15 is 0 Å². The lowest BCUT2D eigenvalue weighted by atomic mass is 10.1. The van der Waals surface area contributed by atoms with Gasteiger partial charge in [0.1, 0.15) is 17.9 Å². The van der Waals surface area contributed by atoms with Crippen molar-refractivity contribution in [3.63, 3.8) is 0 Å². The number of nitrogens with one attached hydrogen (secondary N) is 1. The highest BCUT2D eigenvalue weighted by Crippen LogP contribution is 2.23. The van der Waals surface area contributed by atoms with Crippen molar-refractivity contribution < 1.29 is 13.9 Å². The van der Waals surface area contributed by atoms with E-state index in [2.05, 4.69) is 15.3 Å². The molecule has 0 aliphatic rings. The summed E-state index contributed by atoms with van der Waals surface area (Å²) in [6.07, 6.45) is 7.52. The van der Waals surface area contributed by atoms with Gasteiger partial charge in [0, 0.05) is 6.08 Å². The first-order chi connectivity index (χ1) is 13.1. The summed E-state index contributed by atoms with van der Waals surface area (Å²) in [5.41, 5.74) is 1.51. The maximum atomic E-state index is 13.2. The Hall–Kier alpha value is -3.54. The maximum absolute atomic E-state index is 13.2. The smallest absolute Gasteiger partial charge is 0.244 e. The van der Waals surface area contributed by atoms with Crippen LogP contribution >= 0.6 is 0 Å². The second-order valence-corrected chi connectivity index (χ2v) is 5.87. The predicted octanol–water partition coefficient (Wildman–Crippen LogP) is 4.30. The Bertz CT molecular complexity index is 945. The fraction of sp³-hybridized carbons (Fsp3) is 0.0952. The lowest BCUT2D eigenvalue weighted by Crippen LogP contribution is -2.24. The van der Waals surface area contributed by atoms with E-state index in [4.69, 9.17) is 4.74 Å². The van der Waals surface area contributed by atoms with Crippen LogP contribution in [0.3, 0.4) is 0 Å². The van der Waals surface area contributed by atoms with Gasteiger partial charge in [0.05, 0.1) is 18.4 Å². The Balaban J connectivity index is 1.62. The van der Waals surface area contributed by atoms with Crippen LogP contribution in [0.5, 0.6) is 11.5 Å². The Morgan fingerprint density at radius 1 is 1.11 bits per heavy atom. The van der Waals surface area contributed by atoms with Gasteiger partial charge in [0.25, 0.3) is 0 Å². The number of carbonyl (C=O) groups excluding carboxylic acids is 1. The molecule has 1 aromatic heterocycles. The third kappa shape index (κ3) is 5.47. The Morgan fingerprint density at radius 2 is 1.89 bits per heavy atom. The zero-order valence-electron chi connectivity index (χ0n) is 14.7. The van der Waals surface area contributed by atoms with Gasteiger partial charge in [0.2, 0.25) is 5.91 Å². The molecule has 1 N–H and O–H groups in total. The Morgan fingerprint density at radius 3 is 2.67 bits per heavy atom. The molecule has 6 heteroatoms. The number of hydrogen-bond acceptors (Lipinski definition) is 4. The summed E-state index contributed by atoms with van der Waals surface area (Å²) in [6, 6.07) is 13.2. The first kappa shape index (κ1) is 18.3. The van der Waals surface area contributed by atoms with Crippen molar-refractivity contribution in [2.45, 2.75) is 13.0 Å². The molecular formula is C21H18FN3O2. The highest BCUT2D eigenvalue weighted by atomic mass is 19.1. The number of rotatable bonds is 6. The van der Waals surface area contributed by atoms with Crippen LogP contribution in [0.1, 0.15) is 24.1 Å². The molecule has 2 aromatic carbocycles. The number of ether oxygens (including phenoxy) is 1. The van der Waals surface area contributed by atoms with Crippen LogP contribution < -0.4 is 10.1 Å². The molecule has 27 heavy (non-hydrogen) atoms. The highest BCUT2D eigenvalue weighted by molar-refractivity contribution is 5.91. The van der Waals surface area contributed by atoms with E-state index in [-0.39, 0.29) is 17.8 Å². The molecule has 0 saturated carbocycles. The third-order valence-electron chi connectivity index (χ3n) is 3.77. The molecule has 0 spiro atoms. The average Bonchev–Trinajstić information content (AvgIpc) is 2.67. The van der Waals surface area contributed by atoms with Crippen LogP contribution in [-0.4, -0.2) is 15.9 Å². The SMILES string of the molecule is CC(NC(=O)/C=C/c1cccc(F)c1)c1cccc(Oc2cncnc2)c1.